The summed E-state index contributed by atoms with van der Waals surface area (Å²) in [5.41, 5.74) is 4.56. The molecule has 2 aliphatic heterocycles. The summed E-state index contributed by atoms with van der Waals surface area (Å²) >= 11 is 1.60. The molecule has 0 radical (unpaired) electrons. The number of allylic oxidation sites excluding steroid dienone is 1. The molecule has 6 rings (SSSR count). The number of hydrogen-bond donors (Lipinski definition) is 0. The molecule has 2 aromatic carbocycles. The quantitative estimate of drug-likeness (QED) is 0.275. The topological polar surface area (TPSA) is 40.6 Å². The summed E-state index contributed by atoms with van der Waals surface area (Å²) < 4.78 is 0. The second kappa shape index (κ2) is 11.7. The lowest BCUT2D eigenvalue weighted by molar-refractivity contribution is 0.0327. The molecule has 2 amide bonds. The molecule has 1 saturated carbocycles. The van der Waals surface area contributed by atoms with Crippen LogP contribution in [0.3, 0.4) is 0 Å². The maximum atomic E-state index is 14.0. The molecule has 0 N–H and O–H groups in total. The molecule has 4 nitrogen and oxygen atoms in total. The van der Waals surface area contributed by atoms with Crippen LogP contribution in [0.25, 0.3) is 10.4 Å². The van der Waals surface area contributed by atoms with E-state index in [2.05, 4.69) is 59.2 Å². The van der Waals surface area contributed by atoms with Crippen molar-refractivity contribution in [2.75, 3.05) is 6.54 Å². The van der Waals surface area contributed by atoms with Crippen LogP contribution in [-0.4, -0.2) is 40.2 Å². The first-order valence-electron chi connectivity index (χ1n) is 15.1. The van der Waals surface area contributed by atoms with Gasteiger partial charge < -0.3 is 9.80 Å². The van der Waals surface area contributed by atoms with Crippen molar-refractivity contribution in [2.24, 2.45) is 0 Å². The molecular formula is C35H40N2O2S. The molecule has 0 spiro atoms. The standard InChI is InChI=1S/C35H40N2O2S/c1-3-10-27-22-28(23-31-29-13-8-9-14-30(29)34(38)37(27)31)36(21-4-2)35(39)33-20-19-32(40-33)26-17-15-25(16-18-26)24-11-6-5-7-12-24/h3,8-10,13-20,24,27-28,31H,4-7,11-12,21-23H2,1-2H3/b10-3+/t27-,28?,31+/m1/s1. The summed E-state index contributed by atoms with van der Waals surface area (Å²) in [6.07, 6.45) is 13.3. The van der Waals surface area contributed by atoms with Crippen LogP contribution in [-0.2, 0) is 0 Å². The Kier molecular flexibility index (Phi) is 7.93. The Bertz CT molecular complexity index is 1380. The number of benzene rings is 2. The maximum absolute atomic E-state index is 14.0. The van der Waals surface area contributed by atoms with Crippen molar-refractivity contribution in [3.8, 4) is 10.4 Å². The van der Waals surface area contributed by atoms with Gasteiger partial charge in [0.05, 0.1) is 17.0 Å². The number of thiophene rings is 1. The van der Waals surface area contributed by atoms with E-state index in [4.69, 9.17) is 0 Å². The Hall–Kier alpha value is -3.18. The van der Waals surface area contributed by atoms with E-state index in [1.54, 1.807) is 11.3 Å². The van der Waals surface area contributed by atoms with Gasteiger partial charge in [0, 0.05) is 23.0 Å². The lowest BCUT2D eigenvalue weighted by Gasteiger charge is -2.44. The molecule has 1 aliphatic carbocycles. The van der Waals surface area contributed by atoms with Crippen molar-refractivity contribution in [3.63, 3.8) is 0 Å². The minimum absolute atomic E-state index is 0.0115. The summed E-state index contributed by atoms with van der Waals surface area (Å²) in [5.74, 6) is 0.936. The fraction of sp³-hybridized carbons (Fsp3) is 0.429. The Morgan fingerprint density at radius 2 is 1.77 bits per heavy atom. The SMILES string of the molecule is C/C=C/[C@@H]1CC(N(CCC)C(=O)c2ccc(-c3ccc(C4CCCCC4)cc3)s2)C[C@H]2c3ccccc3C(=O)N12. The number of amides is 2. The van der Waals surface area contributed by atoms with Gasteiger partial charge in [0.25, 0.3) is 11.8 Å². The van der Waals surface area contributed by atoms with E-state index >= 15 is 0 Å². The van der Waals surface area contributed by atoms with E-state index in [9.17, 15) is 9.59 Å². The summed E-state index contributed by atoms with van der Waals surface area (Å²) in [5, 5.41) is 0. The smallest absolute Gasteiger partial charge is 0.264 e. The number of carbonyl (C=O) groups excluding carboxylic acids is 2. The summed E-state index contributed by atoms with van der Waals surface area (Å²) in [6, 6.07) is 21.3. The maximum Gasteiger partial charge on any atom is 0.264 e. The number of piperidine rings is 1. The highest BCUT2D eigenvalue weighted by molar-refractivity contribution is 7.17. The molecule has 5 heteroatoms. The fourth-order valence-electron chi connectivity index (χ4n) is 7.23. The van der Waals surface area contributed by atoms with E-state index in [1.807, 2.05) is 37.3 Å². The molecule has 3 aromatic rings. The van der Waals surface area contributed by atoms with E-state index in [-0.39, 0.29) is 29.9 Å². The van der Waals surface area contributed by atoms with Gasteiger partial charge in [0.1, 0.15) is 0 Å². The van der Waals surface area contributed by atoms with Crippen LogP contribution >= 0.6 is 11.3 Å². The van der Waals surface area contributed by atoms with Crippen molar-refractivity contribution >= 4 is 23.2 Å². The Balaban J connectivity index is 1.23. The van der Waals surface area contributed by atoms with Crippen molar-refractivity contribution < 1.29 is 9.59 Å². The molecule has 208 valence electrons. The van der Waals surface area contributed by atoms with Gasteiger partial charge in [0.2, 0.25) is 0 Å². The van der Waals surface area contributed by atoms with Gasteiger partial charge in [-0.1, -0.05) is 80.8 Å². The van der Waals surface area contributed by atoms with Crippen LogP contribution in [0.15, 0.2) is 72.8 Å². The second-order valence-electron chi connectivity index (χ2n) is 11.7. The van der Waals surface area contributed by atoms with Gasteiger partial charge in [-0.15, -0.1) is 11.3 Å². The van der Waals surface area contributed by atoms with Gasteiger partial charge in [0.15, 0.2) is 0 Å². The van der Waals surface area contributed by atoms with Crippen LogP contribution in [0.5, 0.6) is 0 Å². The summed E-state index contributed by atoms with van der Waals surface area (Å²) in [7, 11) is 0. The summed E-state index contributed by atoms with van der Waals surface area (Å²) in [6.45, 7) is 4.87. The monoisotopic (exact) mass is 552 g/mol. The minimum Gasteiger partial charge on any atom is -0.335 e. The van der Waals surface area contributed by atoms with Gasteiger partial charge in [-0.2, -0.15) is 0 Å². The molecule has 3 aliphatic rings. The van der Waals surface area contributed by atoms with Crippen molar-refractivity contribution in [3.05, 3.63) is 94.4 Å². The van der Waals surface area contributed by atoms with Crippen LogP contribution in [0.4, 0.5) is 0 Å². The average Bonchev–Trinajstić information content (AvgIpc) is 3.60. The number of fused-ring (bicyclic) bond motifs is 3. The number of rotatable bonds is 7. The molecule has 0 bridgehead atoms. The average molecular weight is 553 g/mol. The molecule has 1 unspecified atom stereocenters. The zero-order valence-corrected chi connectivity index (χ0v) is 24.5. The minimum atomic E-state index is -0.0117. The van der Waals surface area contributed by atoms with E-state index in [1.165, 1.54) is 43.2 Å². The molecule has 40 heavy (non-hydrogen) atoms. The third kappa shape index (κ3) is 5.05. The Morgan fingerprint density at radius 3 is 2.52 bits per heavy atom. The third-order valence-corrected chi connectivity index (χ3v) is 10.3. The highest BCUT2D eigenvalue weighted by atomic mass is 32.1. The number of hydrogen-bond acceptors (Lipinski definition) is 3. The van der Waals surface area contributed by atoms with Crippen molar-refractivity contribution in [1.82, 2.24) is 9.80 Å². The van der Waals surface area contributed by atoms with Gasteiger partial charge in [-0.25, -0.2) is 0 Å². The molecule has 1 aromatic heterocycles. The lowest BCUT2D eigenvalue weighted by atomic mass is 9.84. The van der Waals surface area contributed by atoms with E-state index < -0.39 is 0 Å². The summed E-state index contributed by atoms with van der Waals surface area (Å²) in [4.78, 5) is 33.5. The van der Waals surface area contributed by atoms with Gasteiger partial charge in [-0.3, -0.25) is 9.59 Å². The van der Waals surface area contributed by atoms with Gasteiger partial charge in [-0.05, 0) is 79.8 Å². The van der Waals surface area contributed by atoms with Gasteiger partial charge >= 0.3 is 0 Å². The lowest BCUT2D eigenvalue weighted by Crippen LogP contribution is -2.52. The van der Waals surface area contributed by atoms with Crippen LogP contribution in [0, 0.1) is 0 Å². The molecule has 3 heterocycles. The van der Waals surface area contributed by atoms with Crippen LogP contribution in [0.2, 0.25) is 0 Å². The predicted octanol–water partition coefficient (Wildman–Crippen LogP) is 8.62. The number of carbonyl (C=O) groups is 2. The first kappa shape index (κ1) is 27.0. The molecule has 2 fully saturated rings. The second-order valence-corrected chi connectivity index (χ2v) is 12.7. The van der Waals surface area contributed by atoms with Crippen molar-refractivity contribution in [1.29, 1.82) is 0 Å². The Morgan fingerprint density at radius 1 is 1.00 bits per heavy atom. The predicted molar refractivity (Wildman–Crippen MR) is 164 cm³/mol. The van der Waals surface area contributed by atoms with E-state index in [0.29, 0.717) is 5.92 Å². The zero-order valence-electron chi connectivity index (χ0n) is 23.7. The Labute approximate surface area is 242 Å². The number of nitrogens with zero attached hydrogens (tertiary/aromatic N) is 2. The highest BCUT2D eigenvalue weighted by Gasteiger charge is 2.46. The molecular weight excluding hydrogens is 512 g/mol. The first-order chi connectivity index (χ1) is 19.6. The molecule has 1 saturated heterocycles. The fourth-order valence-corrected chi connectivity index (χ4v) is 8.19. The highest BCUT2D eigenvalue weighted by Crippen LogP contribution is 2.44. The van der Waals surface area contributed by atoms with E-state index in [0.717, 1.165) is 46.7 Å². The van der Waals surface area contributed by atoms with Crippen LogP contribution in [0.1, 0.15) is 108 Å². The third-order valence-electron chi connectivity index (χ3n) is 9.16. The first-order valence-corrected chi connectivity index (χ1v) is 16.0. The zero-order chi connectivity index (χ0) is 27.6. The van der Waals surface area contributed by atoms with Crippen molar-refractivity contribution in [2.45, 2.75) is 89.3 Å². The largest absolute Gasteiger partial charge is 0.335 e. The van der Waals surface area contributed by atoms with Crippen LogP contribution < -0.4 is 0 Å². The normalized spacial score (nSPS) is 22.9. The molecule has 3 atom stereocenters.